The Labute approximate surface area is 91.8 Å². The van der Waals surface area contributed by atoms with Gasteiger partial charge in [-0.3, -0.25) is 0 Å². The second-order valence-electron chi connectivity index (χ2n) is 2.80. The number of rotatable bonds is 3. The van der Waals surface area contributed by atoms with E-state index in [0.717, 1.165) is 5.56 Å². The Hall–Kier alpha value is -1.36. The van der Waals surface area contributed by atoms with Crippen molar-refractivity contribution in [3.05, 3.63) is 21.4 Å². The first-order valence-corrected chi connectivity index (χ1v) is 5.30. The van der Waals surface area contributed by atoms with Gasteiger partial charge in [0.2, 0.25) is 0 Å². The molecule has 0 aliphatic rings. The number of thiophene rings is 1. The number of hydrogen-bond donors (Lipinski definition) is 0. The number of esters is 2. The number of carbonyl (C=O) groups is 2. The molecule has 0 saturated heterocycles. The molecule has 0 atom stereocenters. The zero-order valence-corrected chi connectivity index (χ0v) is 9.64. The molecule has 0 fully saturated rings. The highest BCUT2D eigenvalue weighted by molar-refractivity contribution is 7.12. The van der Waals surface area contributed by atoms with E-state index in [-0.39, 0.29) is 0 Å². The highest BCUT2D eigenvalue weighted by Gasteiger charge is 2.23. The van der Waals surface area contributed by atoms with Crippen molar-refractivity contribution in [3.63, 3.8) is 0 Å². The van der Waals surface area contributed by atoms with Crippen LogP contribution in [0.15, 0.2) is 5.38 Å². The van der Waals surface area contributed by atoms with Gasteiger partial charge in [0, 0.05) is 0 Å². The molecule has 5 heteroatoms. The van der Waals surface area contributed by atoms with Crippen molar-refractivity contribution in [1.29, 1.82) is 0 Å². The summed E-state index contributed by atoms with van der Waals surface area (Å²) < 4.78 is 9.23. The Morgan fingerprint density at radius 1 is 1.27 bits per heavy atom. The largest absolute Gasteiger partial charge is 0.465 e. The molecule has 0 saturated carbocycles. The first-order chi connectivity index (χ1) is 7.15. The quantitative estimate of drug-likeness (QED) is 0.741. The molecule has 0 unspecified atom stereocenters. The second-order valence-corrected chi connectivity index (χ2v) is 3.68. The van der Waals surface area contributed by atoms with E-state index in [0.29, 0.717) is 16.9 Å². The lowest BCUT2D eigenvalue weighted by Crippen LogP contribution is -2.10. The predicted molar refractivity (Wildman–Crippen MR) is 56.4 cm³/mol. The zero-order valence-electron chi connectivity index (χ0n) is 8.83. The van der Waals surface area contributed by atoms with E-state index in [2.05, 4.69) is 9.47 Å². The van der Waals surface area contributed by atoms with Gasteiger partial charge in [0.15, 0.2) is 0 Å². The van der Waals surface area contributed by atoms with Gasteiger partial charge in [0.1, 0.15) is 4.88 Å². The van der Waals surface area contributed by atoms with Gasteiger partial charge in [-0.05, 0) is 17.4 Å². The molecule has 0 aliphatic carbocycles. The Balaban J connectivity index is 3.23. The molecule has 4 nitrogen and oxygen atoms in total. The summed E-state index contributed by atoms with van der Waals surface area (Å²) in [5.74, 6) is -0.992. The fourth-order valence-electron chi connectivity index (χ4n) is 1.22. The number of hydrogen-bond acceptors (Lipinski definition) is 5. The number of carbonyl (C=O) groups excluding carboxylic acids is 2. The monoisotopic (exact) mass is 228 g/mol. The van der Waals surface area contributed by atoms with Crippen molar-refractivity contribution < 1.29 is 19.1 Å². The van der Waals surface area contributed by atoms with Gasteiger partial charge >= 0.3 is 11.9 Å². The molecule has 0 aromatic carbocycles. The fourth-order valence-corrected chi connectivity index (χ4v) is 2.28. The van der Waals surface area contributed by atoms with Crippen LogP contribution in [0.1, 0.15) is 32.5 Å². The molecular formula is C10H12O4S. The molecule has 0 spiro atoms. The molecule has 1 rings (SSSR count). The van der Waals surface area contributed by atoms with Gasteiger partial charge in [-0.25, -0.2) is 9.59 Å². The molecular weight excluding hydrogens is 216 g/mol. The van der Waals surface area contributed by atoms with Crippen LogP contribution in [-0.2, 0) is 15.9 Å². The number of methoxy groups -OCH3 is 2. The molecule has 1 aromatic rings. The summed E-state index contributed by atoms with van der Waals surface area (Å²) in [5.41, 5.74) is 1.14. The van der Waals surface area contributed by atoms with Crippen molar-refractivity contribution >= 4 is 23.3 Å². The summed E-state index contributed by atoms with van der Waals surface area (Å²) in [6.45, 7) is 1.91. The summed E-state index contributed by atoms with van der Waals surface area (Å²) in [7, 11) is 2.58. The SMILES string of the molecule is CCc1csc(C(=O)OC)c1C(=O)OC. The molecule has 0 bridgehead atoms. The molecule has 0 radical (unpaired) electrons. The predicted octanol–water partition coefficient (Wildman–Crippen LogP) is 1.88. The molecule has 15 heavy (non-hydrogen) atoms. The third kappa shape index (κ3) is 2.18. The third-order valence-corrected chi connectivity index (χ3v) is 3.02. The minimum Gasteiger partial charge on any atom is -0.465 e. The number of ether oxygens (including phenoxy) is 2. The van der Waals surface area contributed by atoms with Crippen molar-refractivity contribution in [2.75, 3.05) is 14.2 Å². The lowest BCUT2D eigenvalue weighted by atomic mass is 10.1. The van der Waals surface area contributed by atoms with Crippen LogP contribution < -0.4 is 0 Å². The highest BCUT2D eigenvalue weighted by atomic mass is 32.1. The molecule has 1 aromatic heterocycles. The van der Waals surface area contributed by atoms with E-state index in [4.69, 9.17) is 0 Å². The Kier molecular flexibility index (Phi) is 3.85. The molecule has 0 N–H and O–H groups in total. The van der Waals surface area contributed by atoms with E-state index in [9.17, 15) is 9.59 Å². The van der Waals surface area contributed by atoms with Crippen LogP contribution in [0.5, 0.6) is 0 Å². The minimum absolute atomic E-state index is 0.307. The van der Waals surface area contributed by atoms with Crippen LogP contribution in [0.2, 0.25) is 0 Å². The average Bonchev–Trinajstić information content (AvgIpc) is 2.70. The summed E-state index contributed by atoms with van der Waals surface area (Å²) in [5, 5.41) is 1.78. The van der Waals surface area contributed by atoms with E-state index in [1.165, 1.54) is 25.6 Å². The van der Waals surface area contributed by atoms with Gasteiger partial charge < -0.3 is 9.47 Å². The van der Waals surface area contributed by atoms with Crippen molar-refractivity contribution in [3.8, 4) is 0 Å². The zero-order chi connectivity index (χ0) is 11.4. The summed E-state index contributed by atoms with van der Waals surface area (Å²) in [6, 6.07) is 0. The maximum Gasteiger partial charge on any atom is 0.348 e. The molecule has 82 valence electrons. The lowest BCUT2D eigenvalue weighted by molar-refractivity contribution is 0.0559. The fraction of sp³-hybridized carbons (Fsp3) is 0.400. The normalized spacial score (nSPS) is 9.80. The number of aryl methyl sites for hydroxylation is 1. The van der Waals surface area contributed by atoms with E-state index in [1.807, 2.05) is 6.92 Å². The maximum atomic E-state index is 11.5. The van der Waals surface area contributed by atoms with Gasteiger partial charge in [0.25, 0.3) is 0 Å². The first-order valence-electron chi connectivity index (χ1n) is 4.42. The Bertz CT molecular complexity index is 381. The summed E-state index contributed by atoms with van der Waals surface area (Å²) >= 11 is 1.20. The first kappa shape index (κ1) is 11.7. The van der Waals surface area contributed by atoms with E-state index < -0.39 is 11.9 Å². The van der Waals surface area contributed by atoms with Crippen LogP contribution >= 0.6 is 11.3 Å². The highest BCUT2D eigenvalue weighted by Crippen LogP contribution is 2.24. The van der Waals surface area contributed by atoms with Crippen molar-refractivity contribution in [1.82, 2.24) is 0 Å². The van der Waals surface area contributed by atoms with Crippen LogP contribution in [0.3, 0.4) is 0 Å². The van der Waals surface area contributed by atoms with Crippen LogP contribution in [-0.4, -0.2) is 26.2 Å². The molecule has 0 amide bonds. The smallest absolute Gasteiger partial charge is 0.348 e. The van der Waals surface area contributed by atoms with Gasteiger partial charge in [-0.1, -0.05) is 6.92 Å². The van der Waals surface area contributed by atoms with Gasteiger partial charge in [0.05, 0.1) is 19.8 Å². The lowest BCUT2D eigenvalue weighted by Gasteiger charge is -2.02. The second kappa shape index (κ2) is 4.93. The maximum absolute atomic E-state index is 11.5. The van der Waals surface area contributed by atoms with E-state index >= 15 is 0 Å². The van der Waals surface area contributed by atoms with Gasteiger partial charge in [-0.2, -0.15) is 0 Å². The third-order valence-electron chi connectivity index (χ3n) is 2.01. The van der Waals surface area contributed by atoms with Gasteiger partial charge in [-0.15, -0.1) is 11.3 Å². The van der Waals surface area contributed by atoms with Crippen molar-refractivity contribution in [2.24, 2.45) is 0 Å². The van der Waals surface area contributed by atoms with Crippen LogP contribution in [0, 0.1) is 0 Å². The van der Waals surface area contributed by atoms with Crippen LogP contribution in [0.25, 0.3) is 0 Å². The average molecular weight is 228 g/mol. The van der Waals surface area contributed by atoms with Crippen molar-refractivity contribution in [2.45, 2.75) is 13.3 Å². The Morgan fingerprint density at radius 3 is 2.33 bits per heavy atom. The topological polar surface area (TPSA) is 52.6 Å². The summed E-state index contributed by atoms with van der Waals surface area (Å²) in [4.78, 5) is 23.1. The van der Waals surface area contributed by atoms with E-state index in [1.54, 1.807) is 5.38 Å². The summed E-state index contributed by atoms with van der Waals surface area (Å²) in [6.07, 6.45) is 0.678. The molecule has 0 aliphatic heterocycles. The van der Waals surface area contributed by atoms with Crippen LogP contribution in [0.4, 0.5) is 0 Å². The minimum atomic E-state index is -0.500. The standard InChI is InChI=1S/C10H12O4S/c1-4-6-5-15-8(10(12)14-3)7(6)9(11)13-2/h5H,4H2,1-3H3. The molecule has 1 heterocycles. The Morgan fingerprint density at radius 2 is 1.87 bits per heavy atom.